The quantitative estimate of drug-likeness (QED) is 0.0759. The molecule has 0 aromatic heterocycles. The summed E-state index contributed by atoms with van der Waals surface area (Å²) in [5.74, 6) is 0.244. The van der Waals surface area contributed by atoms with E-state index in [-0.39, 0.29) is 43.7 Å². The lowest BCUT2D eigenvalue weighted by Crippen LogP contribution is -2.50. The number of benzene rings is 4. The lowest BCUT2D eigenvalue weighted by Gasteiger charge is -2.32. The summed E-state index contributed by atoms with van der Waals surface area (Å²) in [6, 6.07) is 30.5. The highest BCUT2D eigenvalue weighted by atomic mass is 19.1. The smallest absolute Gasteiger partial charge is 0.252 e. The van der Waals surface area contributed by atoms with Gasteiger partial charge in [0, 0.05) is 36.5 Å². The Kier molecular flexibility index (Phi) is 10.4. The third-order valence-electron chi connectivity index (χ3n) is 7.58. The summed E-state index contributed by atoms with van der Waals surface area (Å²) in [4.78, 5) is 22.4. The number of rotatable bonds is 14. The Morgan fingerprint density at radius 1 is 1.02 bits per heavy atom. The van der Waals surface area contributed by atoms with Gasteiger partial charge in [-0.1, -0.05) is 71.8 Å². The minimum absolute atomic E-state index is 0.0407. The molecule has 9 nitrogen and oxygen atoms in total. The van der Waals surface area contributed by atoms with Crippen LogP contribution in [0.2, 0.25) is 0 Å². The van der Waals surface area contributed by atoms with Gasteiger partial charge in [0.05, 0.1) is 13.2 Å². The standard InChI is InChI=1S/C35H34FN5O4/c36-29-12-6-10-25(22-29)18-19-38-34(43)35(23-26-8-2-1-3-9-26)32(31-13-5-4-11-28(31)24-39-41-37)45-33(40-35)27-14-16-30(17-15-27)44-21-7-20-42/h1-6,8-17,22,32,42H,7,18-21,23-24H2,(H,38,43)/t32-,35-/m1/s1. The minimum Gasteiger partial charge on any atom is -0.494 e. The van der Waals surface area contributed by atoms with Crippen LogP contribution in [-0.4, -0.2) is 42.2 Å². The van der Waals surface area contributed by atoms with Crippen LogP contribution in [0.5, 0.6) is 5.75 Å². The minimum atomic E-state index is -1.43. The number of halogens is 1. The van der Waals surface area contributed by atoms with E-state index in [2.05, 4.69) is 15.3 Å². The molecular formula is C35H34FN5O4. The van der Waals surface area contributed by atoms with Crippen LogP contribution in [0.1, 0.15) is 40.3 Å². The lowest BCUT2D eigenvalue weighted by atomic mass is 9.80. The Hall–Kier alpha value is -5.18. The summed E-state index contributed by atoms with van der Waals surface area (Å²) in [6.45, 7) is 0.757. The Morgan fingerprint density at radius 3 is 2.53 bits per heavy atom. The van der Waals surface area contributed by atoms with Crippen molar-refractivity contribution in [2.24, 2.45) is 10.1 Å². The van der Waals surface area contributed by atoms with Gasteiger partial charge in [0.1, 0.15) is 11.6 Å². The molecule has 0 spiro atoms. The number of azide groups is 1. The highest BCUT2D eigenvalue weighted by Crippen LogP contribution is 2.43. The number of carbonyl (C=O) groups is 1. The van der Waals surface area contributed by atoms with E-state index in [1.54, 1.807) is 18.2 Å². The summed E-state index contributed by atoms with van der Waals surface area (Å²) in [7, 11) is 0. The first kappa shape index (κ1) is 31.3. The molecular weight excluding hydrogens is 573 g/mol. The Labute approximate surface area is 261 Å². The average molecular weight is 608 g/mol. The van der Waals surface area contributed by atoms with Crippen molar-refractivity contribution < 1.29 is 23.8 Å². The van der Waals surface area contributed by atoms with E-state index >= 15 is 0 Å². The van der Waals surface area contributed by atoms with E-state index in [0.717, 1.165) is 16.7 Å². The first-order valence-corrected chi connectivity index (χ1v) is 14.8. The summed E-state index contributed by atoms with van der Waals surface area (Å²) in [6.07, 6.45) is 0.321. The first-order valence-electron chi connectivity index (χ1n) is 14.8. The van der Waals surface area contributed by atoms with Crippen LogP contribution in [0.15, 0.2) is 113 Å². The van der Waals surface area contributed by atoms with Gasteiger partial charge >= 0.3 is 0 Å². The van der Waals surface area contributed by atoms with E-state index < -0.39 is 11.6 Å². The van der Waals surface area contributed by atoms with Gasteiger partial charge in [-0.25, -0.2) is 9.38 Å². The van der Waals surface area contributed by atoms with E-state index in [4.69, 9.17) is 25.1 Å². The van der Waals surface area contributed by atoms with Crippen LogP contribution < -0.4 is 10.1 Å². The van der Waals surface area contributed by atoms with Gasteiger partial charge in [-0.2, -0.15) is 0 Å². The zero-order chi connectivity index (χ0) is 31.5. The molecule has 45 heavy (non-hydrogen) atoms. The summed E-state index contributed by atoms with van der Waals surface area (Å²) in [5.41, 5.74) is 11.3. The molecule has 1 aliphatic heterocycles. The van der Waals surface area contributed by atoms with E-state index in [1.165, 1.54) is 12.1 Å². The third kappa shape index (κ3) is 7.67. The predicted molar refractivity (Wildman–Crippen MR) is 169 cm³/mol. The fourth-order valence-electron chi connectivity index (χ4n) is 5.37. The molecule has 5 rings (SSSR count). The maximum Gasteiger partial charge on any atom is 0.252 e. The molecule has 0 radical (unpaired) electrons. The molecule has 0 bridgehead atoms. The number of aliphatic imine (C=N–C) groups is 1. The van der Waals surface area contributed by atoms with Crippen LogP contribution in [-0.2, 0) is 28.9 Å². The van der Waals surface area contributed by atoms with Crippen molar-refractivity contribution in [2.45, 2.75) is 37.5 Å². The van der Waals surface area contributed by atoms with Crippen molar-refractivity contribution in [1.82, 2.24) is 5.32 Å². The number of hydrogen-bond donors (Lipinski definition) is 2. The molecule has 2 N–H and O–H groups in total. The second kappa shape index (κ2) is 15.0. The maximum absolute atomic E-state index is 14.4. The van der Waals surface area contributed by atoms with Gasteiger partial charge < -0.3 is 19.9 Å². The zero-order valence-corrected chi connectivity index (χ0v) is 24.7. The fourth-order valence-corrected chi connectivity index (χ4v) is 5.37. The second-order valence-electron chi connectivity index (χ2n) is 10.7. The monoisotopic (exact) mass is 607 g/mol. The summed E-state index contributed by atoms with van der Waals surface area (Å²) in [5, 5.41) is 15.9. The average Bonchev–Trinajstić information content (AvgIpc) is 3.45. The van der Waals surface area contributed by atoms with E-state index in [1.807, 2.05) is 72.8 Å². The molecule has 0 saturated heterocycles. The molecule has 4 aromatic rings. The number of amides is 1. The van der Waals surface area contributed by atoms with Gasteiger partial charge in [-0.3, -0.25) is 4.79 Å². The molecule has 1 aliphatic rings. The van der Waals surface area contributed by atoms with Crippen molar-refractivity contribution in [2.75, 3.05) is 19.8 Å². The Morgan fingerprint density at radius 2 is 1.78 bits per heavy atom. The van der Waals surface area contributed by atoms with Crippen molar-refractivity contribution in [3.8, 4) is 5.75 Å². The van der Waals surface area contributed by atoms with Crippen LogP contribution in [0.25, 0.3) is 10.4 Å². The van der Waals surface area contributed by atoms with Gasteiger partial charge in [0.25, 0.3) is 5.91 Å². The number of carbonyl (C=O) groups excluding carboxylic acids is 1. The molecule has 0 unspecified atom stereocenters. The molecule has 0 fully saturated rings. The van der Waals surface area contributed by atoms with Crippen molar-refractivity contribution in [1.29, 1.82) is 0 Å². The number of aliphatic hydroxyl groups is 1. The largest absolute Gasteiger partial charge is 0.494 e. The highest BCUT2D eigenvalue weighted by molar-refractivity contribution is 6.01. The number of ether oxygens (including phenoxy) is 2. The summed E-state index contributed by atoms with van der Waals surface area (Å²) < 4.78 is 26.1. The molecule has 10 heteroatoms. The molecule has 1 amide bonds. The summed E-state index contributed by atoms with van der Waals surface area (Å²) >= 11 is 0. The van der Waals surface area contributed by atoms with Gasteiger partial charge in [0.2, 0.25) is 5.90 Å². The zero-order valence-electron chi connectivity index (χ0n) is 24.7. The molecule has 1 heterocycles. The van der Waals surface area contributed by atoms with Gasteiger partial charge in [0.15, 0.2) is 11.6 Å². The number of aliphatic hydroxyl groups excluding tert-OH is 1. The highest BCUT2D eigenvalue weighted by Gasteiger charge is 2.53. The SMILES string of the molecule is [N-]=[N+]=NCc1ccccc1[C@H]1OC(c2ccc(OCCCO)cc2)=N[C@@]1(Cc1ccccc1)C(=O)NCCc1cccc(F)c1. The van der Waals surface area contributed by atoms with Crippen LogP contribution in [0.3, 0.4) is 0 Å². The molecule has 4 aromatic carbocycles. The number of nitrogens with zero attached hydrogens (tertiary/aromatic N) is 4. The van der Waals surface area contributed by atoms with E-state index in [0.29, 0.717) is 36.3 Å². The lowest BCUT2D eigenvalue weighted by molar-refractivity contribution is -0.128. The molecule has 0 aliphatic carbocycles. The van der Waals surface area contributed by atoms with Gasteiger partial charge in [-0.15, -0.1) is 0 Å². The van der Waals surface area contributed by atoms with E-state index in [9.17, 15) is 9.18 Å². The second-order valence-corrected chi connectivity index (χ2v) is 10.7. The molecule has 0 saturated carbocycles. The fraction of sp³-hybridized carbons (Fsp3) is 0.257. The molecule has 230 valence electrons. The normalized spacial score (nSPS) is 17.1. The third-order valence-corrected chi connectivity index (χ3v) is 7.58. The van der Waals surface area contributed by atoms with Gasteiger partial charge in [-0.05, 0) is 70.6 Å². The van der Waals surface area contributed by atoms with Crippen molar-refractivity contribution >= 4 is 11.8 Å². The number of hydrogen-bond acceptors (Lipinski definition) is 6. The van der Waals surface area contributed by atoms with Crippen molar-refractivity contribution in [3.63, 3.8) is 0 Å². The van der Waals surface area contributed by atoms with Crippen LogP contribution in [0, 0.1) is 5.82 Å². The predicted octanol–water partition coefficient (Wildman–Crippen LogP) is 6.26. The van der Waals surface area contributed by atoms with Crippen molar-refractivity contribution in [3.05, 3.63) is 147 Å². The van der Waals surface area contributed by atoms with Crippen LogP contribution in [0.4, 0.5) is 4.39 Å². The Balaban J connectivity index is 1.55. The molecule has 2 atom stereocenters. The van der Waals surface area contributed by atoms with Crippen LogP contribution >= 0.6 is 0 Å². The topological polar surface area (TPSA) is 129 Å². The Bertz CT molecular complexity index is 1680. The first-order chi connectivity index (χ1) is 22.0. The number of nitrogens with one attached hydrogen (secondary N) is 1. The maximum atomic E-state index is 14.4.